The number of methoxy groups -OCH3 is 2. The maximum atomic E-state index is 5.39. The smallest absolute Gasteiger partial charge is 0.119 e. The molecule has 0 unspecified atom stereocenters. The SMILES string of the molecule is COCCn1ccnc1[C@@H]1CN(Cc2cccc(OC)c2)Cc2ccccc21. The molecular formula is C23H27N3O2. The lowest BCUT2D eigenvalue weighted by atomic mass is 9.88. The standard InChI is InChI=1S/C23H27N3O2/c1-27-13-12-26-11-10-24-23(26)22-17-25(16-19-7-3-4-9-21(19)22)15-18-6-5-8-20(14-18)28-2/h3-11,14,22H,12-13,15-17H2,1-2H3/t22-/m1/s1. The van der Waals surface area contributed by atoms with Gasteiger partial charge in [0.1, 0.15) is 11.6 Å². The molecular weight excluding hydrogens is 350 g/mol. The molecule has 0 aliphatic carbocycles. The van der Waals surface area contributed by atoms with Crippen LogP contribution in [-0.2, 0) is 24.4 Å². The van der Waals surface area contributed by atoms with Gasteiger partial charge < -0.3 is 14.0 Å². The average molecular weight is 377 g/mol. The lowest BCUT2D eigenvalue weighted by Crippen LogP contribution is -2.35. The van der Waals surface area contributed by atoms with Crippen molar-refractivity contribution >= 4 is 0 Å². The maximum Gasteiger partial charge on any atom is 0.119 e. The molecule has 3 aromatic rings. The molecule has 28 heavy (non-hydrogen) atoms. The first-order valence-corrected chi connectivity index (χ1v) is 9.71. The van der Waals surface area contributed by atoms with Crippen LogP contribution in [0.15, 0.2) is 60.9 Å². The lowest BCUT2D eigenvalue weighted by molar-refractivity contribution is 0.184. The zero-order valence-electron chi connectivity index (χ0n) is 16.5. The number of benzene rings is 2. The van der Waals surface area contributed by atoms with Crippen molar-refractivity contribution in [2.45, 2.75) is 25.6 Å². The van der Waals surface area contributed by atoms with Crippen LogP contribution in [0.5, 0.6) is 5.75 Å². The van der Waals surface area contributed by atoms with Crippen LogP contribution >= 0.6 is 0 Å². The molecule has 0 bridgehead atoms. The van der Waals surface area contributed by atoms with E-state index in [1.165, 1.54) is 16.7 Å². The van der Waals surface area contributed by atoms with E-state index in [2.05, 4.69) is 58.1 Å². The number of fused-ring (bicyclic) bond motifs is 1. The molecule has 4 rings (SSSR count). The fraction of sp³-hybridized carbons (Fsp3) is 0.348. The number of hydrogen-bond donors (Lipinski definition) is 0. The van der Waals surface area contributed by atoms with Gasteiger partial charge in [0.2, 0.25) is 0 Å². The van der Waals surface area contributed by atoms with Crippen LogP contribution in [0, 0.1) is 0 Å². The minimum atomic E-state index is 0.252. The van der Waals surface area contributed by atoms with E-state index in [1.807, 2.05) is 12.3 Å². The zero-order chi connectivity index (χ0) is 19.3. The minimum Gasteiger partial charge on any atom is -0.497 e. The van der Waals surface area contributed by atoms with Crippen molar-refractivity contribution in [3.05, 3.63) is 83.4 Å². The summed E-state index contributed by atoms with van der Waals surface area (Å²) in [4.78, 5) is 7.22. The third-order valence-corrected chi connectivity index (χ3v) is 5.40. The number of hydrogen-bond acceptors (Lipinski definition) is 4. The summed E-state index contributed by atoms with van der Waals surface area (Å²) in [6.45, 7) is 4.29. The Balaban J connectivity index is 1.62. The number of ether oxygens (including phenoxy) is 2. The van der Waals surface area contributed by atoms with Crippen LogP contribution in [0.25, 0.3) is 0 Å². The molecule has 1 aliphatic heterocycles. The molecule has 1 atom stereocenters. The Bertz CT molecular complexity index is 921. The van der Waals surface area contributed by atoms with Gasteiger partial charge in [0.05, 0.1) is 19.6 Å². The number of rotatable bonds is 7. The van der Waals surface area contributed by atoms with Gasteiger partial charge in [0.25, 0.3) is 0 Å². The Kier molecular flexibility index (Phi) is 5.74. The second-order valence-electron chi connectivity index (χ2n) is 7.24. The highest BCUT2D eigenvalue weighted by Crippen LogP contribution is 2.33. The van der Waals surface area contributed by atoms with Gasteiger partial charge in [0.15, 0.2) is 0 Å². The molecule has 146 valence electrons. The van der Waals surface area contributed by atoms with Crippen LogP contribution in [0.3, 0.4) is 0 Å². The second-order valence-corrected chi connectivity index (χ2v) is 7.24. The Hall–Kier alpha value is -2.63. The summed E-state index contributed by atoms with van der Waals surface area (Å²) in [7, 11) is 3.45. The first kappa shape index (κ1) is 18.7. The Morgan fingerprint density at radius 3 is 2.86 bits per heavy atom. The van der Waals surface area contributed by atoms with Gasteiger partial charge in [-0.05, 0) is 28.8 Å². The first-order chi connectivity index (χ1) is 13.8. The fourth-order valence-electron chi connectivity index (χ4n) is 4.06. The molecule has 0 saturated heterocycles. The van der Waals surface area contributed by atoms with Crippen molar-refractivity contribution in [3.8, 4) is 5.75 Å². The maximum absolute atomic E-state index is 5.39. The molecule has 2 aromatic carbocycles. The zero-order valence-corrected chi connectivity index (χ0v) is 16.5. The van der Waals surface area contributed by atoms with Gasteiger partial charge >= 0.3 is 0 Å². The highest BCUT2D eigenvalue weighted by molar-refractivity contribution is 5.37. The van der Waals surface area contributed by atoms with Gasteiger partial charge in [0, 0.05) is 45.7 Å². The van der Waals surface area contributed by atoms with Gasteiger partial charge in [-0.25, -0.2) is 4.98 Å². The summed E-state index contributed by atoms with van der Waals surface area (Å²) in [6, 6.07) is 17.1. The first-order valence-electron chi connectivity index (χ1n) is 9.71. The van der Waals surface area contributed by atoms with Crippen molar-refractivity contribution in [3.63, 3.8) is 0 Å². The molecule has 0 fully saturated rings. The molecule has 2 heterocycles. The molecule has 0 N–H and O–H groups in total. The summed E-state index contributed by atoms with van der Waals surface area (Å²) in [6.07, 6.45) is 3.95. The van der Waals surface area contributed by atoms with Crippen molar-refractivity contribution in [1.82, 2.24) is 14.5 Å². The fourth-order valence-corrected chi connectivity index (χ4v) is 4.06. The third-order valence-electron chi connectivity index (χ3n) is 5.40. The summed E-state index contributed by atoms with van der Waals surface area (Å²) < 4.78 is 12.9. The van der Waals surface area contributed by atoms with Gasteiger partial charge in [-0.1, -0.05) is 36.4 Å². The van der Waals surface area contributed by atoms with Crippen LogP contribution in [-0.4, -0.2) is 41.8 Å². The molecule has 5 nitrogen and oxygen atoms in total. The normalized spacial score (nSPS) is 16.7. The topological polar surface area (TPSA) is 39.5 Å². The van der Waals surface area contributed by atoms with E-state index in [4.69, 9.17) is 14.5 Å². The van der Waals surface area contributed by atoms with Gasteiger partial charge in [-0.2, -0.15) is 0 Å². The van der Waals surface area contributed by atoms with E-state index in [9.17, 15) is 0 Å². The van der Waals surface area contributed by atoms with E-state index >= 15 is 0 Å². The van der Waals surface area contributed by atoms with E-state index < -0.39 is 0 Å². The Morgan fingerprint density at radius 2 is 2.00 bits per heavy atom. The van der Waals surface area contributed by atoms with Gasteiger partial charge in [-0.15, -0.1) is 0 Å². The number of nitrogens with zero attached hydrogens (tertiary/aromatic N) is 3. The van der Waals surface area contributed by atoms with E-state index in [1.54, 1.807) is 14.2 Å². The highest BCUT2D eigenvalue weighted by atomic mass is 16.5. The Labute approximate surface area is 166 Å². The molecule has 0 radical (unpaired) electrons. The molecule has 5 heteroatoms. The van der Waals surface area contributed by atoms with Crippen LogP contribution in [0.2, 0.25) is 0 Å². The molecule has 0 saturated carbocycles. The van der Waals surface area contributed by atoms with E-state index in [0.717, 1.165) is 37.8 Å². The third kappa shape index (κ3) is 3.96. The van der Waals surface area contributed by atoms with Crippen LogP contribution in [0.1, 0.15) is 28.4 Å². The summed E-state index contributed by atoms with van der Waals surface area (Å²) in [5, 5.41) is 0. The summed E-state index contributed by atoms with van der Waals surface area (Å²) in [5.74, 6) is 2.27. The quantitative estimate of drug-likeness (QED) is 0.630. The number of imidazole rings is 1. The Morgan fingerprint density at radius 1 is 1.11 bits per heavy atom. The predicted molar refractivity (Wildman–Crippen MR) is 109 cm³/mol. The minimum absolute atomic E-state index is 0.252. The van der Waals surface area contributed by atoms with Crippen molar-refractivity contribution in [2.75, 3.05) is 27.4 Å². The lowest BCUT2D eigenvalue weighted by Gasteiger charge is -2.34. The second kappa shape index (κ2) is 8.59. The van der Waals surface area contributed by atoms with Crippen molar-refractivity contribution in [1.29, 1.82) is 0 Å². The summed E-state index contributed by atoms with van der Waals surface area (Å²) >= 11 is 0. The van der Waals surface area contributed by atoms with Crippen molar-refractivity contribution in [2.24, 2.45) is 0 Å². The monoisotopic (exact) mass is 377 g/mol. The predicted octanol–water partition coefficient (Wildman–Crippen LogP) is 3.69. The van der Waals surface area contributed by atoms with E-state index in [0.29, 0.717) is 6.61 Å². The molecule has 0 spiro atoms. The average Bonchev–Trinajstić information content (AvgIpc) is 3.20. The largest absolute Gasteiger partial charge is 0.497 e. The van der Waals surface area contributed by atoms with Crippen LogP contribution in [0.4, 0.5) is 0 Å². The van der Waals surface area contributed by atoms with E-state index in [-0.39, 0.29) is 5.92 Å². The van der Waals surface area contributed by atoms with Crippen LogP contribution < -0.4 is 4.74 Å². The summed E-state index contributed by atoms with van der Waals surface area (Å²) in [5.41, 5.74) is 4.03. The highest BCUT2D eigenvalue weighted by Gasteiger charge is 2.29. The number of aromatic nitrogens is 2. The van der Waals surface area contributed by atoms with Crippen molar-refractivity contribution < 1.29 is 9.47 Å². The molecule has 1 aromatic heterocycles. The van der Waals surface area contributed by atoms with Gasteiger partial charge in [-0.3, -0.25) is 4.90 Å². The molecule has 0 amide bonds. The molecule has 1 aliphatic rings.